The first-order chi connectivity index (χ1) is 6.65. The quantitative estimate of drug-likeness (QED) is 0.732. The molecule has 1 aromatic carbocycles. The van der Waals surface area contributed by atoms with Crippen LogP contribution in [0.4, 0.5) is 5.69 Å². The number of likely N-dealkylation sites (N-methyl/N-ethyl adjacent to an activating group) is 1. The highest BCUT2D eigenvalue weighted by Crippen LogP contribution is 2.32. The molecule has 0 amide bonds. The molecule has 1 N–H and O–H groups in total. The summed E-state index contributed by atoms with van der Waals surface area (Å²) in [6.45, 7) is 4.65. The molecule has 2 heteroatoms. The molecule has 0 fully saturated rings. The van der Waals surface area contributed by atoms with Crippen molar-refractivity contribution in [2.75, 3.05) is 11.4 Å². The van der Waals surface area contributed by atoms with Gasteiger partial charge in [-0.05, 0) is 31.6 Å². The third kappa shape index (κ3) is 1.32. The van der Waals surface area contributed by atoms with E-state index in [4.69, 9.17) is 0 Å². The lowest BCUT2D eigenvalue weighted by molar-refractivity contribution is 0.107. The van der Waals surface area contributed by atoms with Gasteiger partial charge in [0, 0.05) is 12.2 Å². The molecule has 0 saturated heterocycles. The first-order valence-corrected chi connectivity index (χ1v) is 4.93. The number of para-hydroxylation sites is 1. The van der Waals surface area contributed by atoms with Gasteiger partial charge in [-0.1, -0.05) is 24.3 Å². The van der Waals surface area contributed by atoms with Crippen molar-refractivity contribution in [1.82, 2.24) is 0 Å². The highest BCUT2D eigenvalue weighted by atomic mass is 16.3. The van der Waals surface area contributed by atoms with E-state index in [2.05, 4.69) is 6.07 Å². The Kier molecular flexibility index (Phi) is 2.08. The van der Waals surface area contributed by atoms with Gasteiger partial charge < -0.3 is 10.0 Å². The van der Waals surface area contributed by atoms with Crippen molar-refractivity contribution >= 4 is 11.8 Å². The number of rotatable bonds is 1. The minimum atomic E-state index is -0.858. The van der Waals surface area contributed by atoms with Crippen LogP contribution in [0.15, 0.2) is 30.3 Å². The van der Waals surface area contributed by atoms with E-state index in [1.165, 1.54) is 5.56 Å². The van der Waals surface area contributed by atoms with Crippen molar-refractivity contribution in [2.24, 2.45) is 0 Å². The molecule has 1 unspecified atom stereocenters. The van der Waals surface area contributed by atoms with E-state index in [0.29, 0.717) is 0 Å². The first kappa shape index (κ1) is 9.28. The van der Waals surface area contributed by atoms with Gasteiger partial charge in [-0.25, -0.2) is 0 Å². The van der Waals surface area contributed by atoms with Gasteiger partial charge in [-0.3, -0.25) is 0 Å². The van der Waals surface area contributed by atoms with Crippen LogP contribution in [-0.4, -0.2) is 17.4 Å². The average Bonchev–Trinajstić information content (AvgIpc) is 2.17. The second-order valence-electron chi connectivity index (χ2n) is 3.73. The summed E-state index contributed by atoms with van der Waals surface area (Å²) in [5.41, 5.74) is 1.41. The molecule has 1 aliphatic rings. The Balaban J connectivity index is 2.53. The third-order valence-electron chi connectivity index (χ3n) is 2.67. The lowest BCUT2D eigenvalue weighted by atomic mass is 10.0. The molecule has 0 spiro atoms. The molecule has 1 heterocycles. The van der Waals surface area contributed by atoms with Crippen LogP contribution in [0.5, 0.6) is 0 Å². The Bertz CT molecular complexity index is 368. The Labute approximate surface area is 84.5 Å². The Morgan fingerprint density at radius 1 is 1.36 bits per heavy atom. The van der Waals surface area contributed by atoms with E-state index in [9.17, 15) is 5.11 Å². The highest BCUT2D eigenvalue weighted by Gasteiger charge is 2.29. The summed E-state index contributed by atoms with van der Waals surface area (Å²) >= 11 is 0. The number of hydrogen-bond donors (Lipinski definition) is 1. The van der Waals surface area contributed by atoms with Crippen molar-refractivity contribution in [3.63, 3.8) is 0 Å². The predicted molar refractivity (Wildman–Crippen MR) is 59.1 cm³/mol. The summed E-state index contributed by atoms with van der Waals surface area (Å²) in [6, 6.07) is 8.11. The van der Waals surface area contributed by atoms with Crippen LogP contribution >= 0.6 is 0 Å². The van der Waals surface area contributed by atoms with Gasteiger partial charge >= 0.3 is 0 Å². The van der Waals surface area contributed by atoms with E-state index in [1.807, 2.05) is 49.1 Å². The molecule has 1 atom stereocenters. The van der Waals surface area contributed by atoms with Gasteiger partial charge in [0.25, 0.3) is 0 Å². The summed E-state index contributed by atoms with van der Waals surface area (Å²) in [6.07, 6.45) is 3.81. The van der Waals surface area contributed by atoms with Crippen molar-refractivity contribution in [3.8, 4) is 0 Å². The molecule has 1 aliphatic heterocycles. The first-order valence-electron chi connectivity index (χ1n) is 4.93. The molecule has 74 valence electrons. The lowest BCUT2D eigenvalue weighted by Gasteiger charge is -2.39. The number of aliphatic hydroxyl groups is 1. The second kappa shape index (κ2) is 3.14. The summed E-state index contributed by atoms with van der Waals surface area (Å²) in [5, 5.41) is 10.1. The zero-order valence-corrected chi connectivity index (χ0v) is 8.57. The van der Waals surface area contributed by atoms with Crippen LogP contribution in [0.1, 0.15) is 19.4 Å². The van der Waals surface area contributed by atoms with Crippen molar-refractivity contribution in [1.29, 1.82) is 0 Å². The van der Waals surface area contributed by atoms with Crippen LogP contribution in [0.3, 0.4) is 0 Å². The molecule has 0 radical (unpaired) electrons. The molecule has 2 nitrogen and oxygen atoms in total. The number of fused-ring (bicyclic) bond motifs is 1. The lowest BCUT2D eigenvalue weighted by Crippen LogP contribution is -2.46. The molecule has 14 heavy (non-hydrogen) atoms. The Hall–Kier alpha value is -1.28. The van der Waals surface area contributed by atoms with Gasteiger partial charge in [0.05, 0.1) is 0 Å². The minimum Gasteiger partial charge on any atom is -0.368 e. The fraction of sp³-hybridized carbons (Fsp3) is 0.333. The number of nitrogens with zero attached hydrogens (tertiary/aromatic N) is 1. The van der Waals surface area contributed by atoms with E-state index in [-0.39, 0.29) is 0 Å². The SMILES string of the molecule is CCN1c2ccccc2C=CC1(C)O. The zero-order chi connectivity index (χ0) is 10.2. The molecule has 0 bridgehead atoms. The molecule has 2 rings (SSSR count). The van der Waals surface area contributed by atoms with Gasteiger partial charge in [0.2, 0.25) is 0 Å². The maximum atomic E-state index is 10.1. The van der Waals surface area contributed by atoms with Crippen LogP contribution in [-0.2, 0) is 0 Å². The van der Waals surface area contributed by atoms with Gasteiger partial charge in [0.15, 0.2) is 5.72 Å². The summed E-state index contributed by atoms with van der Waals surface area (Å²) < 4.78 is 0. The van der Waals surface area contributed by atoms with Crippen LogP contribution in [0.2, 0.25) is 0 Å². The summed E-state index contributed by atoms with van der Waals surface area (Å²) in [4.78, 5) is 1.99. The topological polar surface area (TPSA) is 23.5 Å². The fourth-order valence-electron chi connectivity index (χ4n) is 1.95. The van der Waals surface area contributed by atoms with Gasteiger partial charge in [0.1, 0.15) is 0 Å². The number of anilines is 1. The van der Waals surface area contributed by atoms with Crippen LogP contribution in [0, 0.1) is 0 Å². The van der Waals surface area contributed by atoms with Crippen LogP contribution in [0.25, 0.3) is 6.08 Å². The van der Waals surface area contributed by atoms with E-state index >= 15 is 0 Å². The van der Waals surface area contributed by atoms with Crippen molar-refractivity contribution < 1.29 is 5.11 Å². The maximum absolute atomic E-state index is 10.1. The molecular weight excluding hydrogens is 174 g/mol. The van der Waals surface area contributed by atoms with Crippen molar-refractivity contribution in [3.05, 3.63) is 35.9 Å². The largest absolute Gasteiger partial charge is 0.368 e. The molecule has 0 aliphatic carbocycles. The molecule has 0 aromatic heterocycles. The number of benzene rings is 1. The number of hydrogen-bond acceptors (Lipinski definition) is 2. The second-order valence-corrected chi connectivity index (χ2v) is 3.73. The van der Waals surface area contributed by atoms with Crippen LogP contribution < -0.4 is 4.90 Å². The molecule has 1 aromatic rings. The average molecular weight is 189 g/mol. The monoisotopic (exact) mass is 189 g/mol. The normalized spacial score (nSPS) is 24.9. The van der Waals surface area contributed by atoms with Crippen molar-refractivity contribution in [2.45, 2.75) is 19.6 Å². The predicted octanol–water partition coefficient (Wildman–Crippen LogP) is 2.25. The van der Waals surface area contributed by atoms with Gasteiger partial charge in [-0.15, -0.1) is 0 Å². The summed E-state index contributed by atoms with van der Waals surface area (Å²) in [5.74, 6) is 0. The van der Waals surface area contributed by atoms with Gasteiger partial charge in [-0.2, -0.15) is 0 Å². The summed E-state index contributed by atoms with van der Waals surface area (Å²) in [7, 11) is 0. The maximum Gasteiger partial charge on any atom is 0.154 e. The highest BCUT2D eigenvalue weighted by molar-refractivity contribution is 5.72. The van der Waals surface area contributed by atoms with E-state index in [1.54, 1.807) is 0 Å². The Morgan fingerprint density at radius 2 is 2.07 bits per heavy atom. The smallest absolute Gasteiger partial charge is 0.154 e. The van der Waals surface area contributed by atoms with E-state index < -0.39 is 5.72 Å². The zero-order valence-electron chi connectivity index (χ0n) is 8.57. The fourth-order valence-corrected chi connectivity index (χ4v) is 1.95. The third-order valence-corrected chi connectivity index (χ3v) is 2.67. The molecular formula is C12H15NO. The minimum absolute atomic E-state index is 0.800. The standard InChI is InChI=1S/C12H15NO/c1-3-13-11-7-5-4-6-10(11)8-9-12(13,2)14/h4-9,14H,3H2,1-2H3. The Morgan fingerprint density at radius 3 is 2.79 bits per heavy atom. The van der Waals surface area contributed by atoms with E-state index in [0.717, 1.165) is 12.2 Å². The molecule has 0 saturated carbocycles.